The van der Waals surface area contributed by atoms with Gasteiger partial charge in [-0.1, -0.05) is 18.2 Å². The Hall–Kier alpha value is -2.12. The molecule has 1 heterocycles. The van der Waals surface area contributed by atoms with Crippen molar-refractivity contribution in [3.8, 4) is 5.75 Å². The Morgan fingerprint density at radius 2 is 2.00 bits per heavy atom. The van der Waals surface area contributed by atoms with Crippen LogP contribution in [0.5, 0.6) is 5.75 Å². The van der Waals surface area contributed by atoms with Crippen LogP contribution in [0.25, 0.3) is 0 Å². The molecule has 0 aromatic heterocycles. The second-order valence-electron chi connectivity index (χ2n) is 5.42. The zero-order chi connectivity index (χ0) is 15.5. The Labute approximate surface area is 122 Å². The van der Waals surface area contributed by atoms with Crippen LogP contribution in [0, 0.1) is 0 Å². The summed E-state index contributed by atoms with van der Waals surface area (Å²) in [5.74, 6) is 0.322. The van der Waals surface area contributed by atoms with Crippen LogP contribution < -0.4 is 15.5 Å². The van der Waals surface area contributed by atoms with E-state index in [4.69, 9.17) is 9.94 Å². The molecule has 7 heteroatoms. The third-order valence-electron chi connectivity index (χ3n) is 3.22. The molecule has 3 amide bonds. The summed E-state index contributed by atoms with van der Waals surface area (Å²) in [7, 11) is 0. The third-order valence-corrected chi connectivity index (χ3v) is 3.22. The molecule has 1 aromatic carbocycles. The van der Waals surface area contributed by atoms with Crippen LogP contribution in [0.15, 0.2) is 30.3 Å². The highest BCUT2D eigenvalue weighted by Gasteiger charge is 2.44. The lowest BCUT2D eigenvalue weighted by molar-refractivity contribution is -0.130. The SMILES string of the molecule is CC1(C)NC(=O)N(C[C@@H](COc2ccccc2)NO)C1=O. The quantitative estimate of drug-likeness (QED) is 0.531. The number of para-hydroxylation sites is 1. The second kappa shape index (κ2) is 6.11. The third kappa shape index (κ3) is 3.50. The predicted octanol–water partition coefficient (Wildman–Crippen LogP) is 0.743. The smallest absolute Gasteiger partial charge is 0.325 e. The molecule has 1 fully saturated rings. The van der Waals surface area contributed by atoms with Crippen LogP contribution in [0.4, 0.5) is 4.79 Å². The van der Waals surface area contributed by atoms with E-state index < -0.39 is 17.6 Å². The number of hydroxylamine groups is 1. The standard InChI is InChI=1S/C14H19N3O4/c1-14(2)12(18)17(13(19)15-14)8-10(16-20)9-21-11-6-4-3-5-7-11/h3-7,10,16,20H,8-9H2,1-2H3,(H,15,19)/t10-/m0/s1. The van der Waals surface area contributed by atoms with Gasteiger partial charge in [-0.3, -0.25) is 9.69 Å². The maximum Gasteiger partial charge on any atom is 0.325 e. The molecular formula is C14H19N3O4. The van der Waals surface area contributed by atoms with E-state index in [0.717, 1.165) is 4.90 Å². The molecule has 0 aliphatic carbocycles. The number of benzene rings is 1. The molecule has 7 nitrogen and oxygen atoms in total. The van der Waals surface area contributed by atoms with E-state index in [1.165, 1.54) is 0 Å². The average Bonchev–Trinajstić information content (AvgIpc) is 2.65. The fourth-order valence-corrected chi connectivity index (χ4v) is 2.05. The number of imide groups is 1. The molecule has 1 aliphatic rings. The van der Waals surface area contributed by atoms with Gasteiger partial charge in [0.1, 0.15) is 17.9 Å². The summed E-state index contributed by atoms with van der Waals surface area (Å²) >= 11 is 0. The van der Waals surface area contributed by atoms with Gasteiger partial charge in [-0.05, 0) is 26.0 Å². The number of nitrogens with one attached hydrogen (secondary N) is 2. The molecule has 0 radical (unpaired) electrons. The number of carbonyl (C=O) groups excluding carboxylic acids is 2. The molecule has 1 aliphatic heterocycles. The molecule has 3 N–H and O–H groups in total. The van der Waals surface area contributed by atoms with Crippen molar-refractivity contribution in [3.63, 3.8) is 0 Å². The zero-order valence-electron chi connectivity index (χ0n) is 12.0. The first-order valence-electron chi connectivity index (χ1n) is 6.65. The summed E-state index contributed by atoms with van der Waals surface area (Å²) in [6.45, 7) is 3.42. The first-order chi connectivity index (χ1) is 9.94. The molecule has 2 rings (SSSR count). The van der Waals surface area contributed by atoms with Crippen molar-refractivity contribution in [1.82, 2.24) is 15.7 Å². The van der Waals surface area contributed by atoms with E-state index in [9.17, 15) is 9.59 Å². The predicted molar refractivity (Wildman–Crippen MR) is 75.0 cm³/mol. The summed E-state index contributed by atoms with van der Waals surface area (Å²) < 4.78 is 5.50. The molecule has 114 valence electrons. The summed E-state index contributed by atoms with van der Waals surface area (Å²) in [5.41, 5.74) is 1.15. The number of nitrogens with zero attached hydrogens (tertiary/aromatic N) is 1. The van der Waals surface area contributed by atoms with Gasteiger partial charge >= 0.3 is 6.03 Å². The summed E-state index contributed by atoms with van der Waals surface area (Å²) in [5, 5.41) is 11.8. The minimum absolute atomic E-state index is 0.0252. The van der Waals surface area contributed by atoms with Gasteiger partial charge < -0.3 is 15.3 Å². The summed E-state index contributed by atoms with van der Waals surface area (Å²) in [6, 6.07) is 8.05. The molecular weight excluding hydrogens is 274 g/mol. The fourth-order valence-electron chi connectivity index (χ4n) is 2.05. The van der Waals surface area contributed by atoms with E-state index in [1.54, 1.807) is 26.0 Å². The van der Waals surface area contributed by atoms with Crippen molar-refractivity contribution >= 4 is 11.9 Å². The molecule has 1 aromatic rings. The lowest BCUT2D eigenvalue weighted by Crippen LogP contribution is -2.46. The lowest BCUT2D eigenvalue weighted by Gasteiger charge is -2.21. The van der Waals surface area contributed by atoms with Gasteiger partial charge in [0.2, 0.25) is 0 Å². The van der Waals surface area contributed by atoms with Gasteiger partial charge in [0.25, 0.3) is 5.91 Å². The molecule has 21 heavy (non-hydrogen) atoms. The summed E-state index contributed by atoms with van der Waals surface area (Å²) in [4.78, 5) is 24.9. The largest absolute Gasteiger partial charge is 0.492 e. The molecule has 1 atom stereocenters. The van der Waals surface area contributed by atoms with Crippen molar-refractivity contribution in [1.29, 1.82) is 0 Å². The number of carbonyl (C=O) groups is 2. The van der Waals surface area contributed by atoms with Crippen molar-refractivity contribution in [2.24, 2.45) is 0 Å². The van der Waals surface area contributed by atoms with Gasteiger partial charge in [0, 0.05) is 0 Å². The highest BCUT2D eigenvalue weighted by molar-refractivity contribution is 6.06. The number of ether oxygens (including phenoxy) is 1. The Bertz CT molecular complexity index is 518. The van der Waals surface area contributed by atoms with Crippen LogP contribution in [-0.2, 0) is 4.79 Å². The van der Waals surface area contributed by atoms with E-state index in [0.29, 0.717) is 5.75 Å². The number of rotatable bonds is 6. The number of hydrogen-bond acceptors (Lipinski definition) is 5. The van der Waals surface area contributed by atoms with Crippen LogP contribution in [0.1, 0.15) is 13.8 Å². The van der Waals surface area contributed by atoms with Gasteiger partial charge in [0.05, 0.1) is 12.6 Å². The zero-order valence-corrected chi connectivity index (χ0v) is 12.0. The molecule has 0 spiro atoms. The minimum atomic E-state index is -0.919. The lowest BCUT2D eigenvalue weighted by atomic mass is 10.1. The molecule has 1 saturated heterocycles. The second-order valence-corrected chi connectivity index (χ2v) is 5.42. The topological polar surface area (TPSA) is 90.9 Å². The molecule has 0 unspecified atom stereocenters. The maximum absolute atomic E-state index is 12.1. The van der Waals surface area contributed by atoms with Crippen LogP contribution in [0.3, 0.4) is 0 Å². The van der Waals surface area contributed by atoms with Crippen LogP contribution >= 0.6 is 0 Å². The normalized spacial score (nSPS) is 18.5. The van der Waals surface area contributed by atoms with Gasteiger partial charge in [-0.2, -0.15) is 5.48 Å². The number of hydrogen-bond donors (Lipinski definition) is 3. The molecule has 0 saturated carbocycles. The monoisotopic (exact) mass is 293 g/mol. The highest BCUT2D eigenvalue weighted by atomic mass is 16.5. The molecule has 0 bridgehead atoms. The first-order valence-corrected chi connectivity index (χ1v) is 6.65. The van der Waals surface area contributed by atoms with E-state index in [2.05, 4.69) is 10.8 Å². The highest BCUT2D eigenvalue weighted by Crippen LogP contribution is 2.17. The van der Waals surface area contributed by atoms with Crippen molar-refractivity contribution in [2.75, 3.05) is 13.2 Å². The number of urea groups is 1. The average molecular weight is 293 g/mol. The van der Waals surface area contributed by atoms with Crippen LogP contribution in [-0.4, -0.2) is 46.8 Å². The Balaban J connectivity index is 1.93. The van der Waals surface area contributed by atoms with Crippen molar-refractivity contribution in [2.45, 2.75) is 25.4 Å². The summed E-state index contributed by atoms with van der Waals surface area (Å²) in [6.07, 6.45) is 0. The van der Waals surface area contributed by atoms with Crippen molar-refractivity contribution < 1.29 is 19.5 Å². The van der Waals surface area contributed by atoms with E-state index in [1.807, 2.05) is 18.2 Å². The first kappa shape index (κ1) is 15.3. The van der Waals surface area contributed by atoms with Gasteiger partial charge in [0.15, 0.2) is 0 Å². The van der Waals surface area contributed by atoms with E-state index >= 15 is 0 Å². The Morgan fingerprint density at radius 3 is 2.52 bits per heavy atom. The van der Waals surface area contributed by atoms with Crippen molar-refractivity contribution in [3.05, 3.63) is 30.3 Å². The van der Waals surface area contributed by atoms with E-state index in [-0.39, 0.29) is 19.1 Å². The Kier molecular flexibility index (Phi) is 4.44. The Morgan fingerprint density at radius 1 is 1.33 bits per heavy atom. The minimum Gasteiger partial charge on any atom is -0.492 e. The van der Waals surface area contributed by atoms with Gasteiger partial charge in [-0.25, -0.2) is 4.79 Å². The van der Waals surface area contributed by atoms with Crippen LogP contribution in [0.2, 0.25) is 0 Å². The number of amides is 3. The fraction of sp³-hybridized carbons (Fsp3) is 0.429. The maximum atomic E-state index is 12.1. The van der Waals surface area contributed by atoms with Gasteiger partial charge in [-0.15, -0.1) is 0 Å².